The zero-order valence-corrected chi connectivity index (χ0v) is 10.1. The Bertz CT molecular complexity index is 360. The summed E-state index contributed by atoms with van der Waals surface area (Å²) in [6.07, 6.45) is 3.01. The number of hydrogen-bond donors (Lipinski definition) is 1. The van der Waals surface area contributed by atoms with E-state index in [1.807, 2.05) is 24.3 Å². The van der Waals surface area contributed by atoms with Crippen molar-refractivity contribution in [3.8, 4) is 0 Å². The van der Waals surface area contributed by atoms with E-state index in [-0.39, 0.29) is 5.91 Å². The minimum absolute atomic E-state index is 0.119. The summed E-state index contributed by atoms with van der Waals surface area (Å²) in [4.78, 5) is 11.6. The van der Waals surface area contributed by atoms with Crippen molar-refractivity contribution in [2.75, 3.05) is 6.54 Å². The number of amides is 1. The van der Waals surface area contributed by atoms with Crippen molar-refractivity contribution in [1.29, 1.82) is 0 Å². The molecule has 1 aliphatic carbocycles. The molecule has 1 fully saturated rings. The largest absolute Gasteiger partial charge is 0.356 e. The van der Waals surface area contributed by atoms with Gasteiger partial charge in [-0.3, -0.25) is 4.79 Å². The van der Waals surface area contributed by atoms with Crippen LogP contribution < -0.4 is 5.32 Å². The lowest BCUT2D eigenvalue weighted by Crippen LogP contribution is -2.27. The molecule has 0 atom stereocenters. The zero-order valence-electron chi connectivity index (χ0n) is 8.50. The summed E-state index contributed by atoms with van der Waals surface area (Å²) >= 11 is 3.44. The maximum absolute atomic E-state index is 11.6. The second-order valence-electron chi connectivity index (χ2n) is 4.02. The number of nitrogens with one attached hydrogen (secondary N) is 1. The van der Waals surface area contributed by atoms with E-state index in [9.17, 15) is 4.79 Å². The first-order valence-electron chi connectivity index (χ1n) is 5.26. The highest BCUT2D eigenvalue weighted by Crippen LogP contribution is 2.27. The summed E-state index contributed by atoms with van der Waals surface area (Å²) in [5, 5.41) is 2.96. The molecule has 0 bridgehead atoms. The Hall–Kier alpha value is -0.830. The Morgan fingerprint density at radius 3 is 2.80 bits per heavy atom. The molecule has 80 valence electrons. The molecule has 1 aliphatic rings. The molecule has 0 saturated heterocycles. The monoisotopic (exact) mass is 267 g/mol. The van der Waals surface area contributed by atoms with E-state index in [1.165, 1.54) is 12.8 Å². The van der Waals surface area contributed by atoms with Gasteiger partial charge < -0.3 is 5.32 Å². The molecule has 1 N–H and O–H groups in total. The van der Waals surface area contributed by atoms with Crippen LogP contribution in [0.4, 0.5) is 0 Å². The van der Waals surface area contributed by atoms with Gasteiger partial charge in [0.2, 0.25) is 5.91 Å². The van der Waals surface area contributed by atoms with E-state index in [1.54, 1.807) is 0 Å². The quantitative estimate of drug-likeness (QED) is 0.893. The molecule has 1 saturated carbocycles. The maximum atomic E-state index is 11.6. The first-order chi connectivity index (χ1) is 7.25. The van der Waals surface area contributed by atoms with Gasteiger partial charge in [-0.1, -0.05) is 34.1 Å². The first-order valence-corrected chi connectivity index (χ1v) is 6.05. The lowest BCUT2D eigenvalue weighted by molar-refractivity contribution is -0.120. The molecule has 0 unspecified atom stereocenters. The van der Waals surface area contributed by atoms with E-state index in [0.29, 0.717) is 6.42 Å². The zero-order chi connectivity index (χ0) is 10.7. The van der Waals surface area contributed by atoms with Gasteiger partial charge in [-0.05, 0) is 30.4 Å². The molecule has 0 aliphatic heterocycles. The highest BCUT2D eigenvalue weighted by molar-refractivity contribution is 9.10. The summed E-state index contributed by atoms with van der Waals surface area (Å²) < 4.78 is 1.01. The molecule has 3 heteroatoms. The average molecular weight is 268 g/mol. The highest BCUT2D eigenvalue weighted by Gasteiger charge is 2.21. The molecule has 15 heavy (non-hydrogen) atoms. The molecule has 2 nitrogen and oxygen atoms in total. The SMILES string of the molecule is O=C(Cc1ccccc1Br)NCC1CC1. The van der Waals surface area contributed by atoms with Gasteiger partial charge in [-0.2, -0.15) is 0 Å². The summed E-state index contributed by atoms with van der Waals surface area (Å²) in [7, 11) is 0. The molecule has 1 aromatic rings. The lowest BCUT2D eigenvalue weighted by atomic mass is 10.1. The van der Waals surface area contributed by atoms with Crippen LogP contribution in [0.25, 0.3) is 0 Å². The van der Waals surface area contributed by atoms with Crippen molar-refractivity contribution < 1.29 is 4.79 Å². The van der Waals surface area contributed by atoms with Crippen molar-refractivity contribution in [2.24, 2.45) is 5.92 Å². The van der Waals surface area contributed by atoms with E-state index >= 15 is 0 Å². The fraction of sp³-hybridized carbons (Fsp3) is 0.417. The molecule has 0 heterocycles. The topological polar surface area (TPSA) is 29.1 Å². The van der Waals surface area contributed by atoms with Crippen LogP contribution in [-0.2, 0) is 11.2 Å². The highest BCUT2D eigenvalue weighted by atomic mass is 79.9. The van der Waals surface area contributed by atoms with Crippen molar-refractivity contribution >= 4 is 21.8 Å². The Kier molecular flexibility index (Phi) is 3.41. The minimum Gasteiger partial charge on any atom is -0.356 e. The Morgan fingerprint density at radius 1 is 1.40 bits per heavy atom. The third-order valence-electron chi connectivity index (χ3n) is 2.59. The molecule has 0 spiro atoms. The normalized spacial score (nSPS) is 15.0. The minimum atomic E-state index is 0.119. The molecule has 0 radical (unpaired) electrons. The van der Waals surface area contributed by atoms with Crippen molar-refractivity contribution in [3.63, 3.8) is 0 Å². The second-order valence-corrected chi connectivity index (χ2v) is 4.87. The van der Waals surface area contributed by atoms with Crippen LogP contribution in [0.1, 0.15) is 18.4 Å². The fourth-order valence-electron chi connectivity index (χ4n) is 1.46. The lowest BCUT2D eigenvalue weighted by Gasteiger charge is -2.05. The Labute approximate surface area is 98.2 Å². The van der Waals surface area contributed by atoms with Crippen LogP contribution in [0.3, 0.4) is 0 Å². The summed E-state index contributed by atoms with van der Waals surface area (Å²) in [6.45, 7) is 0.850. The number of halogens is 1. The third kappa shape index (κ3) is 3.34. The standard InChI is InChI=1S/C12H14BrNO/c13-11-4-2-1-3-10(11)7-12(15)14-8-9-5-6-9/h1-4,9H,5-8H2,(H,14,15). The van der Waals surface area contributed by atoms with Crippen LogP contribution in [-0.4, -0.2) is 12.5 Å². The number of benzene rings is 1. The molecule has 1 aromatic carbocycles. The number of rotatable bonds is 4. The molecular formula is C12H14BrNO. The van der Waals surface area contributed by atoms with E-state index in [4.69, 9.17) is 0 Å². The van der Waals surface area contributed by atoms with Gasteiger partial charge in [0.15, 0.2) is 0 Å². The molecule has 0 aromatic heterocycles. The maximum Gasteiger partial charge on any atom is 0.224 e. The number of carbonyl (C=O) groups is 1. The van der Waals surface area contributed by atoms with Crippen molar-refractivity contribution in [2.45, 2.75) is 19.3 Å². The van der Waals surface area contributed by atoms with Crippen molar-refractivity contribution in [1.82, 2.24) is 5.32 Å². The predicted molar refractivity (Wildman–Crippen MR) is 63.6 cm³/mol. The Balaban J connectivity index is 1.84. The number of carbonyl (C=O) groups excluding carboxylic acids is 1. The van der Waals surface area contributed by atoms with Gasteiger partial charge in [0, 0.05) is 11.0 Å². The van der Waals surface area contributed by atoms with Crippen LogP contribution in [0.15, 0.2) is 28.7 Å². The third-order valence-corrected chi connectivity index (χ3v) is 3.37. The summed E-state index contributed by atoms with van der Waals surface area (Å²) in [5.74, 6) is 0.863. The van der Waals surface area contributed by atoms with Gasteiger partial charge in [-0.25, -0.2) is 0 Å². The van der Waals surface area contributed by atoms with Gasteiger partial charge in [0.05, 0.1) is 6.42 Å². The second kappa shape index (κ2) is 4.79. The fourth-order valence-corrected chi connectivity index (χ4v) is 1.88. The molecule has 1 amide bonds. The van der Waals surface area contributed by atoms with Gasteiger partial charge >= 0.3 is 0 Å². The van der Waals surface area contributed by atoms with Crippen LogP contribution >= 0.6 is 15.9 Å². The van der Waals surface area contributed by atoms with Crippen LogP contribution in [0, 0.1) is 5.92 Å². The van der Waals surface area contributed by atoms with E-state index in [0.717, 1.165) is 22.5 Å². The number of hydrogen-bond acceptors (Lipinski definition) is 1. The molecular weight excluding hydrogens is 254 g/mol. The Morgan fingerprint density at radius 2 is 2.13 bits per heavy atom. The van der Waals surface area contributed by atoms with E-state index < -0.39 is 0 Å². The van der Waals surface area contributed by atoms with Crippen LogP contribution in [0.2, 0.25) is 0 Å². The van der Waals surface area contributed by atoms with Gasteiger partial charge in [0.1, 0.15) is 0 Å². The average Bonchev–Trinajstić information content (AvgIpc) is 3.02. The van der Waals surface area contributed by atoms with E-state index in [2.05, 4.69) is 21.2 Å². The van der Waals surface area contributed by atoms with Gasteiger partial charge in [0.25, 0.3) is 0 Å². The first kappa shape index (κ1) is 10.7. The smallest absolute Gasteiger partial charge is 0.224 e. The predicted octanol–water partition coefficient (Wildman–Crippen LogP) is 2.52. The summed E-state index contributed by atoms with van der Waals surface area (Å²) in [6, 6.07) is 7.84. The van der Waals surface area contributed by atoms with Crippen molar-refractivity contribution in [3.05, 3.63) is 34.3 Å². The van der Waals surface area contributed by atoms with Crippen LogP contribution in [0.5, 0.6) is 0 Å². The summed E-state index contributed by atoms with van der Waals surface area (Å²) in [5.41, 5.74) is 1.05. The van der Waals surface area contributed by atoms with Gasteiger partial charge in [-0.15, -0.1) is 0 Å². The molecule has 2 rings (SSSR count).